The zero-order valence-corrected chi connectivity index (χ0v) is 15.1. The summed E-state index contributed by atoms with van der Waals surface area (Å²) in [5.74, 6) is -1.84. The summed E-state index contributed by atoms with van der Waals surface area (Å²) in [6, 6.07) is -0.683. The van der Waals surface area contributed by atoms with Gasteiger partial charge in [0.25, 0.3) is 0 Å². The number of alkyl halides is 3. The van der Waals surface area contributed by atoms with Crippen molar-refractivity contribution < 1.29 is 32.2 Å². The van der Waals surface area contributed by atoms with E-state index in [1.807, 2.05) is 0 Å². The minimum absolute atomic E-state index is 0.0396. The lowest BCUT2D eigenvalue weighted by Gasteiger charge is -2.37. The molecule has 1 fully saturated rings. The molecule has 0 heterocycles. The smallest absolute Gasteiger partial charge is 0.444 e. The minimum Gasteiger partial charge on any atom is -0.444 e. The van der Waals surface area contributed by atoms with Gasteiger partial charge >= 0.3 is 18.2 Å². The summed E-state index contributed by atoms with van der Waals surface area (Å²) < 4.78 is 48.3. The Balaban J connectivity index is 2.59. The van der Waals surface area contributed by atoms with Gasteiger partial charge in [0.15, 0.2) is 0 Å². The number of hydrogen-bond acceptors (Lipinski definition) is 4. The van der Waals surface area contributed by atoms with Crippen molar-refractivity contribution >= 4 is 12.0 Å². The molecule has 2 amide bonds. The largest absolute Gasteiger partial charge is 0.471 e. The molecular weight excluding hydrogens is 341 g/mol. The monoisotopic (exact) mass is 368 g/mol. The van der Waals surface area contributed by atoms with Crippen LogP contribution in [0.3, 0.4) is 0 Å². The van der Waals surface area contributed by atoms with Crippen LogP contribution in [0.1, 0.15) is 46.5 Å². The second-order valence-electron chi connectivity index (χ2n) is 7.14. The number of nitrogens with one attached hydrogen (secondary N) is 1. The highest BCUT2D eigenvalue weighted by molar-refractivity contribution is 5.82. The summed E-state index contributed by atoms with van der Waals surface area (Å²) >= 11 is 0. The summed E-state index contributed by atoms with van der Waals surface area (Å²) in [5, 5.41) is 2.73. The molecule has 6 nitrogen and oxygen atoms in total. The summed E-state index contributed by atoms with van der Waals surface area (Å²) in [7, 11) is 1.37. The maximum absolute atomic E-state index is 12.8. The van der Waals surface area contributed by atoms with Gasteiger partial charge in [-0.25, -0.2) is 4.79 Å². The van der Waals surface area contributed by atoms with Crippen molar-refractivity contribution in [2.45, 2.75) is 70.3 Å². The van der Waals surface area contributed by atoms with Crippen LogP contribution >= 0.6 is 0 Å². The quantitative estimate of drug-likeness (QED) is 0.810. The van der Waals surface area contributed by atoms with Crippen molar-refractivity contribution in [3.8, 4) is 0 Å². The Kier molecular flexibility index (Phi) is 7.52. The molecule has 0 aromatic heterocycles. The van der Waals surface area contributed by atoms with E-state index in [1.54, 1.807) is 20.8 Å². The summed E-state index contributed by atoms with van der Waals surface area (Å²) in [6.07, 6.45) is -3.72. The lowest BCUT2D eigenvalue weighted by molar-refractivity contribution is -0.189. The van der Waals surface area contributed by atoms with Crippen molar-refractivity contribution in [3.63, 3.8) is 0 Å². The minimum atomic E-state index is -4.90. The standard InChI is InChI=1S/C16H27F3N2O4/c1-15(2,3)25-14(23)20-11-5-7-12(8-6-11)21(9-10-24-4)13(22)16(17,18)19/h11-12H,5-10H2,1-4H3,(H,20,23)/t11-,12-. The first-order valence-corrected chi connectivity index (χ1v) is 8.30. The van der Waals surface area contributed by atoms with Crippen LogP contribution in [0.25, 0.3) is 0 Å². The maximum Gasteiger partial charge on any atom is 0.471 e. The van der Waals surface area contributed by atoms with Crippen LogP contribution < -0.4 is 5.32 Å². The third-order valence-corrected chi connectivity index (χ3v) is 3.90. The Bertz CT molecular complexity index is 455. The first kappa shape index (κ1) is 21.5. The maximum atomic E-state index is 12.8. The first-order valence-electron chi connectivity index (χ1n) is 8.30. The van der Waals surface area contributed by atoms with Gasteiger partial charge in [-0.05, 0) is 46.5 Å². The molecule has 9 heteroatoms. The van der Waals surface area contributed by atoms with Gasteiger partial charge < -0.3 is 19.7 Å². The second kappa shape index (κ2) is 8.73. The van der Waals surface area contributed by atoms with Crippen molar-refractivity contribution in [2.75, 3.05) is 20.3 Å². The van der Waals surface area contributed by atoms with Gasteiger partial charge in [-0.3, -0.25) is 4.79 Å². The van der Waals surface area contributed by atoms with Gasteiger partial charge in [-0.15, -0.1) is 0 Å². The van der Waals surface area contributed by atoms with Crippen LogP contribution in [0, 0.1) is 0 Å². The van der Waals surface area contributed by atoms with Crippen molar-refractivity contribution in [2.24, 2.45) is 0 Å². The van der Waals surface area contributed by atoms with Crippen LogP contribution in [-0.2, 0) is 14.3 Å². The highest BCUT2D eigenvalue weighted by atomic mass is 19.4. The summed E-state index contributed by atoms with van der Waals surface area (Å²) in [6.45, 7) is 5.18. The van der Waals surface area contributed by atoms with Gasteiger partial charge in [0.05, 0.1) is 6.61 Å². The van der Waals surface area contributed by atoms with E-state index in [1.165, 1.54) is 7.11 Å². The number of halogens is 3. The first-order chi connectivity index (χ1) is 11.4. The normalized spacial score (nSPS) is 21.6. The van der Waals surface area contributed by atoms with E-state index >= 15 is 0 Å². The van der Waals surface area contributed by atoms with Gasteiger partial charge in [-0.2, -0.15) is 13.2 Å². The van der Waals surface area contributed by atoms with Crippen LogP contribution in [0.2, 0.25) is 0 Å². The number of methoxy groups -OCH3 is 1. The number of hydrogen-bond donors (Lipinski definition) is 1. The fourth-order valence-electron chi connectivity index (χ4n) is 2.81. The molecule has 1 aliphatic carbocycles. The molecule has 0 aromatic carbocycles. The number of rotatable bonds is 5. The molecule has 1 N–H and O–H groups in total. The average Bonchev–Trinajstić information content (AvgIpc) is 2.46. The van der Waals surface area contributed by atoms with E-state index in [2.05, 4.69) is 5.32 Å². The van der Waals surface area contributed by atoms with Crippen LogP contribution in [-0.4, -0.2) is 61.0 Å². The van der Waals surface area contributed by atoms with Gasteiger partial charge in [0.2, 0.25) is 0 Å². The van der Waals surface area contributed by atoms with E-state index in [0.717, 1.165) is 4.90 Å². The van der Waals surface area contributed by atoms with E-state index in [-0.39, 0.29) is 19.2 Å². The van der Waals surface area contributed by atoms with Gasteiger partial charge in [-0.1, -0.05) is 0 Å². The molecule has 0 bridgehead atoms. The third kappa shape index (κ3) is 7.50. The lowest BCUT2D eigenvalue weighted by Crippen LogP contribution is -2.51. The molecule has 0 unspecified atom stereocenters. The highest BCUT2D eigenvalue weighted by Gasteiger charge is 2.45. The number of amides is 2. The molecular formula is C16H27F3N2O4. The van der Waals surface area contributed by atoms with Crippen molar-refractivity contribution in [1.29, 1.82) is 0 Å². The molecule has 0 spiro atoms. The molecule has 0 saturated heterocycles. The molecule has 0 aromatic rings. The lowest BCUT2D eigenvalue weighted by atomic mass is 9.90. The molecule has 1 aliphatic rings. The fourth-order valence-corrected chi connectivity index (χ4v) is 2.81. The van der Waals surface area contributed by atoms with Crippen LogP contribution in [0.4, 0.5) is 18.0 Å². The predicted octanol–water partition coefficient (Wildman–Crippen LogP) is 2.86. The number of ether oxygens (including phenoxy) is 2. The topological polar surface area (TPSA) is 67.9 Å². The Morgan fingerprint density at radius 3 is 2.12 bits per heavy atom. The molecule has 1 saturated carbocycles. The Morgan fingerprint density at radius 2 is 1.68 bits per heavy atom. The summed E-state index contributed by atoms with van der Waals surface area (Å²) in [4.78, 5) is 24.2. The Labute approximate surface area is 146 Å². The Hall–Kier alpha value is -1.51. The number of carbonyl (C=O) groups is 2. The summed E-state index contributed by atoms with van der Waals surface area (Å²) in [5.41, 5.74) is -0.614. The third-order valence-electron chi connectivity index (χ3n) is 3.90. The fraction of sp³-hybridized carbons (Fsp3) is 0.875. The van der Waals surface area contributed by atoms with E-state index in [0.29, 0.717) is 25.7 Å². The molecule has 0 aliphatic heterocycles. The molecule has 0 atom stereocenters. The van der Waals surface area contributed by atoms with Crippen molar-refractivity contribution in [1.82, 2.24) is 10.2 Å². The SMILES string of the molecule is COCCN(C(=O)C(F)(F)F)[C@H]1CC[C@H](NC(=O)OC(C)(C)C)CC1. The van der Waals surface area contributed by atoms with Crippen LogP contribution in [0.15, 0.2) is 0 Å². The molecule has 1 rings (SSSR count). The molecule has 0 radical (unpaired) electrons. The predicted molar refractivity (Wildman–Crippen MR) is 85.1 cm³/mol. The number of nitrogens with zero attached hydrogens (tertiary/aromatic N) is 1. The zero-order chi connectivity index (χ0) is 19.3. The number of carbonyl (C=O) groups excluding carboxylic acids is 2. The second-order valence-corrected chi connectivity index (χ2v) is 7.14. The number of alkyl carbamates (subject to hydrolysis) is 1. The van der Waals surface area contributed by atoms with E-state index in [9.17, 15) is 22.8 Å². The average molecular weight is 368 g/mol. The van der Waals surface area contributed by atoms with E-state index < -0.39 is 29.8 Å². The molecule has 25 heavy (non-hydrogen) atoms. The van der Waals surface area contributed by atoms with Gasteiger partial charge in [0.1, 0.15) is 5.60 Å². The van der Waals surface area contributed by atoms with Crippen molar-refractivity contribution in [3.05, 3.63) is 0 Å². The van der Waals surface area contributed by atoms with Gasteiger partial charge in [0, 0.05) is 25.7 Å². The Morgan fingerprint density at radius 1 is 1.12 bits per heavy atom. The highest BCUT2D eigenvalue weighted by Crippen LogP contribution is 2.27. The molecule has 146 valence electrons. The zero-order valence-electron chi connectivity index (χ0n) is 15.1. The van der Waals surface area contributed by atoms with E-state index in [4.69, 9.17) is 9.47 Å². The van der Waals surface area contributed by atoms with Crippen LogP contribution in [0.5, 0.6) is 0 Å².